The van der Waals surface area contributed by atoms with Crippen molar-refractivity contribution in [3.8, 4) is 28.6 Å². The second kappa shape index (κ2) is 10.6. The third-order valence-electron chi connectivity index (χ3n) is 7.87. The van der Waals surface area contributed by atoms with E-state index < -0.39 is 17.6 Å². The lowest BCUT2D eigenvalue weighted by Crippen LogP contribution is -2.24. The standard InChI is InChI=1S/C31H28F3N7O/c1-3-18-10-24-25(26(12-18)31(32,33)34)16-41(30(24)42)28-14-21(13-27(38-28)36-9-8-19-4-5-19)23-11-20(15-35)6-7-22(23)29-39-37-17-40(29)2/h6-7,10-14,17,19H,3-5,8-9,16H2,1-2H3,(H,36,38). The van der Waals surface area contributed by atoms with Crippen molar-refractivity contribution in [3.05, 3.63) is 76.6 Å². The van der Waals surface area contributed by atoms with Gasteiger partial charge in [-0.15, -0.1) is 10.2 Å². The van der Waals surface area contributed by atoms with Gasteiger partial charge in [-0.05, 0) is 83.5 Å². The zero-order chi connectivity index (χ0) is 29.6. The molecule has 6 rings (SSSR count). The van der Waals surface area contributed by atoms with Crippen LogP contribution in [0.1, 0.15) is 58.8 Å². The molecule has 42 heavy (non-hydrogen) atoms. The number of amides is 1. The molecule has 2 aromatic carbocycles. The molecule has 0 atom stereocenters. The summed E-state index contributed by atoms with van der Waals surface area (Å²) in [5.74, 6) is 1.43. The summed E-state index contributed by atoms with van der Waals surface area (Å²) < 4.78 is 43.9. The van der Waals surface area contributed by atoms with Crippen LogP contribution < -0.4 is 10.2 Å². The van der Waals surface area contributed by atoms with Crippen LogP contribution in [-0.2, 0) is 26.2 Å². The first-order valence-corrected chi connectivity index (χ1v) is 13.9. The largest absolute Gasteiger partial charge is 0.416 e. The maximum Gasteiger partial charge on any atom is 0.416 e. The van der Waals surface area contributed by atoms with Crippen molar-refractivity contribution in [2.75, 3.05) is 16.8 Å². The Morgan fingerprint density at radius 2 is 1.90 bits per heavy atom. The highest BCUT2D eigenvalue weighted by atomic mass is 19.4. The molecule has 1 N–H and O–H groups in total. The molecule has 1 aliphatic carbocycles. The van der Waals surface area contributed by atoms with Gasteiger partial charge in [0.1, 0.15) is 18.0 Å². The number of alkyl halides is 3. The maximum atomic E-state index is 14.1. The molecule has 0 unspecified atom stereocenters. The van der Waals surface area contributed by atoms with Gasteiger partial charge in [0.15, 0.2) is 5.82 Å². The molecule has 1 aliphatic heterocycles. The van der Waals surface area contributed by atoms with E-state index in [1.807, 2.05) is 13.1 Å². The van der Waals surface area contributed by atoms with E-state index >= 15 is 0 Å². The number of nitriles is 1. The summed E-state index contributed by atoms with van der Waals surface area (Å²) in [5.41, 5.74) is 2.07. The number of anilines is 2. The van der Waals surface area contributed by atoms with E-state index in [9.17, 15) is 23.2 Å². The minimum Gasteiger partial charge on any atom is -0.370 e. The highest BCUT2D eigenvalue weighted by Crippen LogP contribution is 2.41. The second-order valence-electron chi connectivity index (χ2n) is 10.8. The third kappa shape index (κ3) is 5.20. The highest BCUT2D eigenvalue weighted by Gasteiger charge is 2.41. The number of nitrogens with zero attached hydrogens (tertiary/aromatic N) is 6. The molecule has 11 heteroatoms. The number of hydrogen-bond donors (Lipinski definition) is 1. The van der Waals surface area contributed by atoms with E-state index in [-0.39, 0.29) is 23.5 Å². The molecule has 1 saturated carbocycles. The lowest BCUT2D eigenvalue weighted by molar-refractivity contribution is -0.138. The van der Waals surface area contributed by atoms with Crippen LogP contribution in [0.4, 0.5) is 24.8 Å². The van der Waals surface area contributed by atoms with Gasteiger partial charge < -0.3 is 9.88 Å². The van der Waals surface area contributed by atoms with E-state index in [1.54, 1.807) is 48.1 Å². The topological polar surface area (TPSA) is 99.7 Å². The minimum atomic E-state index is -4.60. The van der Waals surface area contributed by atoms with Gasteiger partial charge in [-0.1, -0.05) is 19.8 Å². The van der Waals surface area contributed by atoms with Gasteiger partial charge in [0.25, 0.3) is 5.91 Å². The van der Waals surface area contributed by atoms with Gasteiger partial charge in [0, 0.05) is 24.7 Å². The van der Waals surface area contributed by atoms with Crippen LogP contribution in [0.2, 0.25) is 0 Å². The third-order valence-corrected chi connectivity index (χ3v) is 7.87. The average Bonchev–Trinajstić information content (AvgIpc) is 3.61. The molecular formula is C31H28F3N7O. The van der Waals surface area contributed by atoms with Crippen LogP contribution in [0.3, 0.4) is 0 Å². The number of hydrogen-bond acceptors (Lipinski definition) is 6. The predicted octanol–water partition coefficient (Wildman–Crippen LogP) is 6.37. The van der Waals surface area contributed by atoms with Crippen LogP contribution in [0.15, 0.2) is 48.8 Å². The van der Waals surface area contributed by atoms with E-state index in [1.165, 1.54) is 17.7 Å². The Balaban J connectivity index is 1.47. The number of aromatic nitrogens is 4. The lowest BCUT2D eigenvalue weighted by atomic mass is 9.97. The molecule has 2 aliphatic rings. The number of aryl methyl sites for hydroxylation is 2. The van der Waals surface area contributed by atoms with Crippen molar-refractivity contribution < 1.29 is 18.0 Å². The van der Waals surface area contributed by atoms with Gasteiger partial charge in [0.2, 0.25) is 0 Å². The number of nitrogens with one attached hydrogen (secondary N) is 1. The monoisotopic (exact) mass is 571 g/mol. The first-order chi connectivity index (χ1) is 20.2. The number of carbonyl (C=O) groups excluding carboxylic acids is 1. The molecule has 0 saturated heterocycles. The van der Waals surface area contributed by atoms with Gasteiger partial charge >= 0.3 is 6.18 Å². The molecule has 1 amide bonds. The predicted molar refractivity (Wildman–Crippen MR) is 152 cm³/mol. The summed E-state index contributed by atoms with van der Waals surface area (Å²) in [5, 5.41) is 21.2. The van der Waals surface area contributed by atoms with Gasteiger partial charge in [-0.2, -0.15) is 18.4 Å². The van der Waals surface area contributed by atoms with Crippen LogP contribution in [-0.4, -0.2) is 32.2 Å². The first kappa shape index (κ1) is 27.4. The quantitative estimate of drug-likeness (QED) is 0.264. The number of halogens is 3. The van der Waals surface area contributed by atoms with Gasteiger partial charge in [-0.3, -0.25) is 9.69 Å². The molecule has 3 heterocycles. The van der Waals surface area contributed by atoms with Crippen LogP contribution in [0.25, 0.3) is 22.5 Å². The molecule has 0 radical (unpaired) electrons. The fourth-order valence-corrected chi connectivity index (χ4v) is 5.40. The summed E-state index contributed by atoms with van der Waals surface area (Å²) >= 11 is 0. The van der Waals surface area contributed by atoms with Crippen molar-refractivity contribution in [2.45, 2.75) is 45.3 Å². The summed E-state index contributed by atoms with van der Waals surface area (Å²) in [6, 6.07) is 13.6. The summed E-state index contributed by atoms with van der Waals surface area (Å²) in [6.07, 6.45) is 0.710. The van der Waals surface area contributed by atoms with Gasteiger partial charge in [0.05, 0.1) is 23.7 Å². The minimum absolute atomic E-state index is 0.0448. The molecule has 8 nitrogen and oxygen atoms in total. The SMILES string of the molecule is CCc1cc2c(c(C(F)(F)F)c1)CN(c1cc(-c3cc(C#N)ccc3-c3nncn3C)cc(NCCC3CC3)n1)C2=O. The van der Waals surface area contributed by atoms with Crippen molar-refractivity contribution in [2.24, 2.45) is 13.0 Å². The van der Waals surface area contributed by atoms with Crippen LogP contribution >= 0.6 is 0 Å². The Hall–Kier alpha value is -4.72. The number of fused-ring (bicyclic) bond motifs is 1. The zero-order valence-electron chi connectivity index (χ0n) is 23.2. The molecule has 0 spiro atoms. The smallest absolute Gasteiger partial charge is 0.370 e. The summed E-state index contributed by atoms with van der Waals surface area (Å²) in [7, 11) is 1.81. The van der Waals surface area contributed by atoms with Crippen molar-refractivity contribution in [1.29, 1.82) is 5.26 Å². The van der Waals surface area contributed by atoms with E-state index in [4.69, 9.17) is 4.98 Å². The fraction of sp³-hybridized carbons (Fsp3) is 0.323. The number of benzene rings is 2. The van der Waals surface area contributed by atoms with E-state index in [0.717, 1.165) is 12.5 Å². The highest BCUT2D eigenvalue weighted by molar-refractivity contribution is 6.10. The molecule has 214 valence electrons. The normalized spacial score (nSPS) is 14.7. The van der Waals surface area contributed by atoms with Crippen molar-refractivity contribution >= 4 is 17.5 Å². The average molecular weight is 572 g/mol. The van der Waals surface area contributed by atoms with Crippen LogP contribution in [0.5, 0.6) is 0 Å². The summed E-state index contributed by atoms with van der Waals surface area (Å²) in [4.78, 5) is 19.6. The Labute approximate surface area is 240 Å². The number of pyridine rings is 1. The van der Waals surface area contributed by atoms with E-state index in [2.05, 4.69) is 21.6 Å². The van der Waals surface area contributed by atoms with E-state index in [0.29, 0.717) is 58.3 Å². The maximum absolute atomic E-state index is 14.1. The van der Waals surface area contributed by atoms with Crippen LogP contribution in [0, 0.1) is 17.2 Å². The molecule has 2 aromatic heterocycles. The second-order valence-corrected chi connectivity index (χ2v) is 10.8. The first-order valence-electron chi connectivity index (χ1n) is 13.9. The lowest BCUT2D eigenvalue weighted by Gasteiger charge is -2.19. The Kier molecular flexibility index (Phi) is 6.93. The number of carbonyl (C=O) groups is 1. The molecular weight excluding hydrogens is 543 g/mol. The Morgan fingerprint density at radius 3 is 2.57 bits per heavy atom. The van der Waals surface area contributed by atoms with Crippen molar-refractivity contribution in [3.63, 3.8) is 0 Å². The van der Waals surface area contributed by atoms with Crippen molar-refractivity contribution in [1.82, 2.24) is 19.7 Å². The molecule has 4 aromatic rings. The Morgan fingerprint density at radius 1 is 1.10 bits per heavy atom. The molecule has 1 fully saturated rings. The molecule has 0 bridgehead atoms. The zero-order valence-corrected chi connectivity index (χ0v) is 23.2. The van der Waals surface area contributed by atoms with Gasteiger partial charge in [-0.25, -0.2) is 4.98 Å². The Bertz CT molecular complexity index is 1730. The summed E-state index contributed by atoms with van der Waals surface area (Å²) in [6.45, 7) is 2.17. The number of rotatable bonds is 8. The fourth-order valence-electron chi connectivity index (χ4n) is 5.40.